The Bertz CT molecular complexity index is 641. The standard InChI is InChI=1S/C16H20N4O/c1-12-4-2-3-5-15(12)19-6-8-20(9-7-19)16(21)14-10-13(17)11-18-14/h2-5,10-11,18H,6-9,17H2,1H3. The van der Waals surface area contributed by atoms with Gasteiger partial charge in [0.15, 0.2) is 0 Å². The number of hydrogen-bond acceptors (Lipinski definition) is 3. The van der Waals surface area contributed by atoms with Crippen LogP contribution in [0.25, 0.3) is 0 Å². The molecule has 1 aliphatic rings. The minimum absolute atomic E-state index is 0.0242. The van der Waals surface area contributed by atoms with Gasteiger partial charge in [-0.25, -0.2) is 0 Å². The molecule has 1 aromatic heterocycles. The van der Waals surface area contributed by atoms with E-state index in [0.29, 0.717) is 11.4 Å². The van der Waals surface area contributed by atoms with E-state index in [1.165, 1.54) is 11.3 Å². The Morgan fingerprint density at radius 1 is 1.19 bits per heavy atom. The number of carbonyl (C=O) groups is 1. The number of nitrogen functional groups attached to an aromatic ring is 1. The molecule has 0 spiro atoms. The SMILES string of the molecule is Cc1ccccc1N1CCN(C(=O)c2cc(N)c[nH]2)CC1. The summed E-state index contributed by atoms with van der Waals surface area (Å²) in [5, 5.41) is 0. The molecule has 3 rings (SSSR count). The molecule has 0 radical (unpaired) electrons. The predicted octanol–water partition coefficient (Wildman–Crippen LogP) is 1.87. The number of amides is 1. The first-order chi connectivity index (χ1) is 10.1. The van der Waals surface area contributed by atoms with Crippen LogP contribution in [0.1, 0.15) is 16.1 Å². The number of nitrogens with one attached hydrogen (secondary N) is 1. The third-order valence-electron chi connectivity index (χ3n) is 3.96. The zero-order chi connectivity index (χ0) is 14.8. The first-order valence-corrected chi connectivity index (χ1v) is 7.19. The Balaban J connectivity index is 1.65. The number of piperazine rings is 1. The van der Waals surface area contributed by atoms with Crippen molar-refractivity contribution in [3.05, 3.63) is 47.8 Å². The van der Waals surface area contributed by atoms with Crippen LogP contribution in [0, 0.1) is 6.92 Å². The van der Waals surface area contributed by atoms with Crippen molar-refractivity contribution in [3.8, 4) is 0 Å². The molecule has 1 saturated heterocycles. The van der Waals surface area contributed by atoms with Crippen LogP contribution in [-0.2, 0) is 0 Å². The molecule has 21 heavy (non-hydrogen) atoms. The zero-order valence-corrected chi connectivity index (χ0v) is 12.2. The molecule has 3 N–H and O–H groups in total. The highest BCUT2D eigenvalue weighted by molar-refractivity contribution is 5.93. The average molecular weight is 284 g/mol. The van der Waals surface area contributed by atoms with Crippen LogP contribution in [0.15, 0.2) is 36.5 Å². The monoisotopic (exact) mass is 284 g/mol. The van der Waals surface area contributed by atoms with Gasteiger partial charge >= 0.3 is 0 Å². The third-order valence-corrected chi connectivity index (χ3v) is 3.96. The van der Waals surface area contributed by atoms with E-state index in [4.69, 9.17) is 5.73 Å². The highest BCUT2D eigenvalue weighted by atomic mass is 16.2. The lowest BCUT2D eigenvalue weighted by Crippen LogP contribution is -2.49. The van der Waals surface area contributed by atoms with Gasteiger partial charge in [-0.2, -0.15) is 0 Å². The fraction of sp³-hybridized carbons (Fsp3) is 0.312. The van der Waals surface area contributed by atoms with Gasteiger partial charge in [0.25, 0.3) is 5.91 Å². The minimum atomic E-state index is 0.0242. The highest BCUT2D eigenvalue weighted by Crippen LogP contribution is 2.21. The lowest BCUT2D eigenvalue weighted by molar-refractivity contribution is 0.0741. The van der Waals surface area contributed by atoms with E-state index >= 15 is 0 Å². The number of nitrogens with zero attached hydrogens (tertiary/aromatic N) is 2. The fourth-order valence-corrected chi connectivity index (χ4v) is 2.77. The van der Waals surface area contributed by atoms with Crippen LogP contribution in [-0.4, -0.2) is 42.0 Å². The maximum absolute atomic E-state index is 12.3. The first-order valence-electron chi connectivity index (χ1n) is 7.19. The normalized spacial score (nSPS) is 15.3. The van der Waals surface area contributed by atoms with Crippen molar-refractivity contribution in [2.24, 2.45) is 0 Å². The average Bonchev–Trinajstić information content (AvgIpc) is 2.94. The maximum atomic E-state index is 12.3. The molecule has 1 aliphatic heterocycles. The summed E-state index contributed by atoms with van der Waals surface area (Å²) < 4.78 is 0. The molecule has 0 aliphatic carbocycles. The number of H-pyrrole nitrogens is 1. The van der Waals surface area contributed by atoms with E-state index in [0.717, 1.165) is 26.2 Å². The number of nitrogens with two attached hydrogens (primary N) is 1. The van der Waals surface area contributed by atoms with Gasteiger partial charge in [0, 0.05) is 43.8 Å². The number of para-hydroxylation sites is 1. The maximum Gasteiger partial charge on any atom is 0.270 e. The lowest BCUT2D eigenvalue weighted by atomic mass is 10.1. The Labute approximate surface area is 124 Å². The highest BCUT2D eigenvalue weighted by Gasteiger charge is 2.23. The lowest BCUT2D eigenvalue weighted by Gasteiger charge is -2.36. The largest absolute Gasteiger partial charge is 0.397 e. The number of carbonyl (C=O) groups excluding carboxylic acids is 1. The van der Waals surface area contributed by atoms with Crippen LogP contribution in [0.5, 0.6) is 0 Å². The van der Waals surface area contributed by atoms with Gasteiger partial charge in [-0.3, -0.25) is 4.79 Å². The molecule has 1 fully saturated rings. The van der Waals surface area contributed by atoms with Crippen LogP contribution in [0.2, 0.25) is 0 Å². The van der Waals surface area contributed by atoms with Crippen molar-refractivity contribution < 1.29 is 4.79 Å². The number of benzene rings is 1. The van der Waals surface area contributed by atoms with Gasteiger partial charge in [-0.05, 0) is 24.6 Å². The number of hydrogen-bond donors (Lipinski definition) is 2. The molecular formula is C16H20N4O. The first kappa shape index (κ1) is 13.5. The van der Waals surface area contributed by atoms with E-state index < -0.39 is 0 Å². The summed E-state index contributed by atoms with van der Waals surface area (Å²) in [6, 6.07) is 10.1. The summed E-state index contributed by atoms with van der Waals surface area (Å²) in [4.78, 5) is 19.5. The zero-order valence-electron chi connectivity index (χ0n) is 12.2. The van der Waals surface area contributed by atoms with E-state index in [-0.39, 0.29) is 5.91 Å². The van der Waals surface area contributed by atoms with Gasteiger partial charge in [0.05, 0.1) is 0 Å². The van der Waals surface area contributed by atoms with Crippen LogP contribution >= 0.6 is 0 Å². The summed E-state index contributed by atoms with van der Waals surface area (Å²) in [5.41, 5.74) is 9.34. The number of aryl methyl sites for hydroxylation is 1. The fourth-order valence-electron chi connectivity index (χ4n) is 2.77. The smallest absolute Gasteiger partial charge is 0.270 e. The second-order valence-corrected chi connectivity index (χ2v) is 5.41. The number of rotatable bonds is 2. The Kier molecular flexibility index (Phi) is 3.56. The Morgan fingerprint density at radius 2 is 1.90 bits per heavy atom. The topological polar surface area (TPSA) is 65.4 Å². The van der Waals surface area contributed by atoms with Crippen molar-refractivity contribution in [1.82, 2.24) is 9.88 Å². The Hall–Kier alpha value is -2.43. The van der Waals surface area contributed by atoms with Gasteiger partial charge in [-0.15, -0.1) is 0 Å². The summed E-state index contributed by atoms with van der Waals surface area (Å²) in [7, 11) is 0. The molecular weight excluding hydrogens is 264 g/mol. The molecule has 2 heterocycles. The number of aromatic amines is 1. The van der Waals surface area contributed by atoms with Gasteiger partial charge in [0.2, 0.25) is 0 Å². The quantitative estimate of drug-likeness (QED) is 0.884. The third kappa shape index (κ3) is 2.72. The molecule has 5 nitrogen and oxygen atoms in total. The van der Waals surface area contributed by atoms with E-state index in [1.807, 2.05) is 11.0 Å². The summed E-state index contributed by atoms with van der Waals surface area (Å²) in [5.74, 6) is 0.0242. The van der Waals surface area contributed by atoms with E-state index in [1.54, 1.807) is 12.3 Å². The molecule has 5 heteroatoms. The molecule has 0 saturated carbocycles. The van der Waals surface area contributed by atoms with E-state index in [9.17, 15) is 4.79 Å². The van der Waals surface area contributed by atoms with Gasteiger partial charge < -0.3 is 20.5 Å². The molecule has 110 valence electrons. The Morgan fingerprint density at radius 3 is 2.52 bits per heavy atom. The number of anilines is 2. The van der Waals surface area contributed by atoms with Crippen molar-refractivity contribution in [1.29, 1.82) is 0 Å². The van der Waals surface area contributed by atoms with Gasteiger partial charge in [0.1, 0.15) is 5.69 Å². The van der Waals surface area contributed by atoms with Crippen molar-refractivity contribution >= 4 is 17.3 Å². The van der Waals surface area contributed by atoms with Crippen molar-refractivity contribution in [2.45, 2.75) is 6.92 Å². The van der Waals surface area contributed by atoms with Crippen molar-refractivity contribution in [3.63, 3.8) is 0 Å². The molecule has 0 atom stereocenters. The molecule has 2 aromatic rings. The van der Waals surface area contributed by atoms with Crippen molar-refractivity contribution in [2.75, 3.05) is 36.8 Å². The molecule has 0 bridgehead atoms. The molecule has 1 aromatic carbocycles. The van der Waals surface area contributed by atoms with E-state index in [2.05, 4.69) is 35.0 Å². The van der Waals surface area contributed by atoms with Crippen LogP contribution in [0.3, 0.4) is 0 Å². The summed E-state index contributed by atoms with van der Waals surface area (Å²) in [6.07, 6.45) is 1.65. The molecule has 1 amide bonds. The van der Waals surface area contributed by atoms with Crippen LogP contribution < -0.4 is 10.6 Å². The second-order valence-electron chi connectivity index (χ2n) is 5.41. The summed E-state index contributed by atoms with van der Waals surface area (Å²) in [6.45, 7) is 5.28. The number of aromatic nitrogens is 1. The summed E-state index contributed by atoms with van der Waals surface area (Å²) >= 11 is 0. The molecule has 0 unspecified atom stereocenters. The second kappa shape index (κ2) is 5.52. The van der Waals surface area contributed by atoms with Crippen LogP contribution in [0.4, 0.5) is 11.4 Å². The minimum Gasteiger partial charge on any atom is -0.397 e. The predicted molar refractivity (Wildman–Crippen MR) is 84.5 cm³/mol. The van der Waals surface area contributed by atoms with Gasteiger partial charge in [-0.1, -0.05) is 18.2 Å².